The first-order chi connectivity index (χ1) is 8.24. The van der Waals surface area contributed by atoms with Gasteiger partial charge in [0.1, 0.15) is 0 Å². The smallest absolute Gasteiger partial charge is 0.0956 e. The summed E-state index contributed by atoms with van der Waals surface area (Å²) in [4.78, 5) is 8.84. The quantitative estimate of drug-likeness (QED) is 0.847. The maximum atomic E-state index is 4.44. The van der Waals surface area contributed by atoms with Gasteiger partial charge in [0.05, 0.1) is 30.1 Å². The Labute approximate surface area is 102 Å². The normalized spacial score (nSPS) is 12.9. The number of aryl methyl sites for hydroxylation is 2. The van der Waals surface area contributed by atoms with Crippen LogP contribution in [0.1, 0.15) is 31.3 Å². The van der Waals surface area contributed by atoms with E-state index in [9.17, 15) is 0 Å². The van der Waals surface area contributed by atoms with Crippen molar-refractivity contribution in [3.8, 4) is 0 Å². The van der Waals surface area contributed by atoms with Crippen LogP contribution in [-0.4, -0.2) is 25.6 Å². The van der Waals surface area contributed by atoms with Gasteiger partial charge < -0.3 is 14.5 Å². The number of imidazole rings is 2. The summed E-state index contributed by atoms with van der Waals surface area (Å²) < 4.78 is 4.03. The molecule has 0 aromatic carbocycles. The summed E-state index contributed by atoms with van der Waals surface area (Å²) in [7, 11) is 1.98. The highest BCUT2D eigenvalue weighted by Crippen LogP contribution is 2.18. The van der Waals surface area contributed by atoms with E-state index in [2.05, 4.69) is 39.9 Å². The van der Waals surface area contributed by atoms with Gasteiger partial charge in [-0.2, -0.15) is 0 Å². The molecular formula is C12H19N5. The summed E-state index contributed by atoms with van der Waals surface area (Å²) in [6, 6.07) is 0.0778. The minimum atomic E-state index is 0.0778. The van der Waals surface area contributed by atoms with Crippen LogP contribution in [0.2, 0.25) is 0 Å². The second-order valence-corrected chi connectivity index (χ2v) is 4.08. The second kappa shape index (κ2) is 5.14. The van der Waals surface area contributed by atoms with Crippen LogP contribution in [-0.2, 0) is 13.6 Å². The molecule has 17 heavy (non-hydrogen) atoms. The maximum absolute atomic E-state index is 4.44. The molecule has 0 amide bonds. The second-order valence-electron chi connectivity index (χ2n) is 4.08. The topological polar surface area (TPSA) is 47.7 Å². The highest BCUT2D eigenvalue weighted by molar-refractivity contribution is 5.18. The zero-order valence-electron chi connectivity index (χ0n) is 10.6. The first kappa shape index (κ1) is 11.9. The highest BCUT2D eigenvalue weighted by Gasteiger charge is 2.17. The van der Waals surface area contributed by atoms with Crippen LogP contribution in [0.15, 0.2) is 25.0 Å². The lowest BCUT2D eigenvalue weighted by Crippen LogP contribution is -2.22. The molecule has 2 rings (SSSR count). The Balaban J connectivity index is 2.28. The number of aromatic nitrogens is 4. The molecule has 0 saturated heterocycles. The van der Waals surface area contributed by atoms with Gasteiger partial charge >= 0.3 is 0 Å². The molecule has 5 nitrogen and oxygen atoms in total. The van der Waals surface area contributed by atoms with Crippen LogP contribution >= 0.6 is 0 Å². The molecule has 1 unspecified atom stereocenters. The largest absolute Gasteiger partial charge is 0.340 e. The number of nitrogens with zero attached hydrogens (tertiary/aromatic N) is 4. The van der Waals surface area contributed by atoms with Crippen LogP contribution in [0.5, 0.6) is 0 Å². The third-order valence-corrected chi connectivity index (χ3v) is 2.74. The predicted octanol–water partition coefficient (Wildman–Crippen LogP) is 1.34. The van der Waals surface area contributed by atoms with Crippen molar-refractivity contribution in [3.63, 3.8) is 0 Å². The van der Waals surface area contributed by atoms with Gasteiger partial charge in [0.15, 0.2) is 0 Å². The predicted molar refractivity (Wildman–Crippen MR) is 66.6 cm³/mol. The van der Waals surface area contributed by atoms with Crippen LogP contribution in [0.4, 0.5) is 0 Å². The summed E-state index contributed by atoms with van der Waals surface area (Å²) in [6.45, 7) is 6.02. The van der Waals surface area contributed by atoms with Gasteiger partial charge in [-0.3, -0.25) is 0 Å². The summed E-state index contributed by atoms with van der Waals surface area (Å²) >= 11 is 0. The summed E-state index contributed by atoms with van der Waals surface area (Å²) in [5.74, 6) is 0. The molecule has 2 aromatic heterocycles. The lowest BCUT2D eigenvalue weighted by molar-refractivity contribution is 0.604. The Kier molecular flexibility index (Phi) is 3.58. The Bertz CT molecular complexity index is 471. The molecule has 0 fully saturated rings. The zero-order chi connectivity index (χ0) is 12.3. The zero-order valence-corrected chi connectivity index (χ0v) is 10.6. The molecule has 5 heteroatoms. The molecule has 0 aliphatic rings. The van der Waals surface area contributed by atoms with Gasteiger partial charge in [0.2, 0.25) is 0 Å². The molecule has 92 valence electrons. The fourth-order valence-corrected chi connectivity index (χ4v) is 1.85. The fraction of sp³-hybridized carbons (Fsp3) is 0.500. The van der Waals surface area contributed by atoms with E-state index < -0.39 is 0 Å². The van der Waals surface area contributed by atoms with E-state index in [-0.39, 0.29) is 6.04 Å². The minimum absolute atomic E-state index is 0.0778. The Morgan fingerprint density at radius 1 is 1.18 bits per heavy atom. The van der Waals surface area contributed by atoms with E-state index in [0.717, 1.165) is 24.5 Å². The van der Waals surface area contributed by atoms with Crippen LogP contribution in [0, 0.1) is 0 Å². The van der Waals surface area contributed by atoms with Crippen LogP contribution in [0.3, 0.4) is 0 Å². The molecule has 1 atom stereocenters. The Hall–Kier alpha value is -1.62. The van der Waals surface area contributed by atoms with Crippen molar-refractivity contribution in [1.29, 1.82) is 0 Å². The number of nitrogens with one attached hydrogen (secondary N) is 1. The van der Waals surface area contributed by atoms with Gasteiger partial charge in [0.25, 0.3) is 0 Å². The van der Waals surface area contributed by atoms with Crippen molar-refractivity contribution >= 4 is 0 Å². The molecule has 1 N–H and O–H groups in total. The standard InChI is InChI=1S/C12H19N5/c1-4-13-12(10-6-16(3)8-14-10)11-7-17(5-2)9-15-11/h6-9,12-13H,4-5H2,1-3H3. The van der Waals surface area contributed by atoms with Gasteiger partial charge in [-0.05, 0) is 13.5 Å². The van der Waals surface area contributed by atoms with E-state index in [1.807, 2.05) is 30.5 Å². The summed E-state index contributed by atoms with van der Waals surface area (Å²) in [6.07, 6.45) is 7.78. The van der Waals surface area contributed by atoms with Crippen molar-refractivity contribution in [1.82, 2.24) is 24.4 Å². The Morgan fingerprint density at radius 2 is 1.88 bits per heavy atom. The lowest BCUT2D eigenvalue weighted by Gasteiger charge is -2.12. The van der Waals surface area contributed by atoms with E-state index in [1.54, 1.807) is 0 Å². The van der Waals surface area contributed by atoms with Crippen molar-refractivity contribution in [3.05, 3.63) is 36.4 Å². The minimum Gasteiger partial charge on any atom is -0.340 e. The number of hydrogen-bond donors (Lipinski definition) is 1. The summed E-state index contributed by atoms with van der Waals surface area (Å²) in [5.41, 5.74) is 2.03. The van der Waals surface area contributed by atoms with E-state index >= 15 is 0 Å². The molecule has 0 bridgehead atoms. The van der Waals surface area contributed by atoms with Crippen molar-refractivity contribution in [2.45, 2.75) is 26.4 Å². The number of rotatable bonds is 5. The molecule has 0 saturated carbocycles. The van der Waals surface area contributed by atoms with Crippen molar-refractivity contribution < 1.29 is 0 Å². The lowest BCUT2D eigenvalue weighted by atomic mass is 10.1. The molecule has 0 spiro atoms. The van der Waals surface area contributed by atoms with Gasteiger partial charge in [0, 0.05) is 26.0 Å². The SMILES string of the molecule is CCNC(c1cn(C)cn1)c1cn(CC)cn1. The number of hydrogen-bond acceptors (Lipinski definition) is 3. The molecular weight excluding hydrogens is 214 g/mol. The molecule has 2 aromatic rings. The average molecular weight is 233 g/mol. The molecule has 0 aliphatic heterocycles. The van der Waals surface area contributed by atoms with Gasteiger partial charge in [-0.1, -0.05) is 6.92 Å². The van der Waals surface area contributed by atoms with Crippen LogP contribution in [0.25, 0.3) is 0 Å². The maximum Gasteiger partial charge on any atom is 0.0956 e. The summed E-state index contributed by atoms with van der Waals surface area (Å²) in [5, 5.41) is 3.41. The first-order valence-corrected chi connectivity index (χ1v) is 5.97. The molecule has 2 heterocycles. The first-order valence-electron chi connectivity index (χ1n) is 5.97. The fourth-order valence-electron chi connectivity index (χ4n) is 1.85. The molecule has 0 radical (unpaired) electrons. The third-order valence-electron chi connectivity index (χ3n) is 2.74. The van der Waals surface area contributed by atoms with E-state index in [0.29, 0.717) is 0 Å². The van der Waals surface area contributed by atoms with Gasteiger partial charge in [-0.25, -0.2) is 9.97 Å². The van der Waals surface area contributed by atoms with E-state index in [1.165, 1.54) is 0 Å². The highest BCUT2D eigenvalue weighted by atomic mass is 15.1. The molecule has 0 aliphatic carbocycles. The van der Waals surface area contributed by atoms with E-state index in [4.69, 9.17) is 0 Å². The van der Waals surface area contributed by atoms with Gasteiger partial charge in [-0.15, -0.1) is 0 Å². The van der Waals surface area contributed by atoms with Crippen molar-refractivity contribution in [2.75, 3.05) is 6.54 Å². The van der Waals surface area contributed by atoms with Crippen molar-refractivity contribution in [2.24, 2.45) is 7.05 Å². The monoisotopic (exact) mass is 233 g/mol. The third kappa shape index (κ3) is 2.55. The Morgan fingerprint density at radius 3 is 2.41 bits per heavy atom. The van der Waals surface area contributed by atoms with Crippen LogP contribution < -0.4 is 5.32 Å². The average Bonchev–Trinajstić information content (AvgIpc) is 2.94.